The van der Waals surface area contributed by atoms with E-state index < -0.39 is 0 Å². The number of fused-ring (bicyclic) bond motifs is 3. The van der Waals surface area contributed by atoms with Gasteiger partial charge in [0.05, 0.1) is 6.20 Å². The quantitative estimate of drug-likeness (QED) is 0.639. The fraction of sp³-hybridized carbons (Fsp3) is 0.545. The molecule has 1 heterocycles. The van der Waals surface area contributed by atoms with Crippen molar-refractivity contribution < 1.29 is 0 Å². The summed E-state index contributed by atoms with van der Waals surface area (Å²) in [6.07, 6.45) is 6.90. The molecule has 0 spiro atoms. The summed E-state index contributed by atoms with van der Waals surface area (Å²) in [5.41, 5.74) is 4.45. The third-order valence-corrected chi connectivity index (χ3v) is 3.38. The Morgan fingerprint density at radius 1 is 1.54 bits per heavy atom. The molecule has 0 aliphatic heterocycles. The molecule has 2 heteroatoms. The van der Waals surface area contributed by atoms with Crippen molar-refractivity contribution >= 4 is 6.08 Å². The summed E-state index contributed by atoms with van der Waals surface area (Å²) in [6.45, 7) is 2.25. The van der Waals surface area contributed by atoms with Crippen LogP contribution in [0.3, 0.4) is 0 Å². The molecule has 1 fully saturated rings. The molecule has 0 amide bonds. The third kappa shape index (κ3) is 0.859. The number of nitrogens with zero attached hydrogens (tertiary/aromatic N) is 2. The van der Waals surface area contributed by atoms with Crippen LogP contribution in [0.25, 0.3) is 6.08 Å². The van der Waals surface area contributed by atoms with Crippen LogP contribution in [0, 0.1) is 5.92 Å². The average molecular weight is 174 g/mol. The van der Waals surface area contributed by atoms with Gasteiger partial charge in [-0.05, 0) is 18.8 Å². The van der Waals surface area contributed by atoms with E-state index in [-0.39, 0.29) is 0 Å². The first kappa shape index (κ1) is 7.36. The van der Waals surface area contributed by atoms with Crippen molar-refractivity contribution in [3.05, 3.63) is 23.0 Å². The molecule has 0 aromatic carbocycles. The molecule has 1 aromatic heterocycles. The van der Waals surface area contributed by atoms with E-state index in [1.54, 1.807) is 5.57 Å². The lowest BCUT2D eigenvalue weighted by molar-refractivity contribution is 0.697. The van der Waals surface area contributed by atoms with Gasteiger partial charge in [-0.25, -0.2) is 0 Å². The van der Waals surface area contributed by atoms with Crippen molar-refractivity contribution in [1.29, 1.82) is 0 Å². The van der Waals surface area contributed by atoms with Crippen LogP contribution < -0.4 is 0 Å². The van der Waals surface area contributed by atoms with Crippen LogP contribution in [0.4, 0.5) is 0 Å². The molecule has 68 valence electrons. The second-order valence-corrected chi connectivity index (χ2v) is 4.13. The molecule has 2 atom stereocenters. The van der Waals surface area contributed by atoms with Gasteiger partial charge in [0.1, 0.15) is 0 Å². The summed E-state index contributed by atoms with van der Waals surface area (Å²) in [4.78, 5) is 0. The first-order valence-electron chi connectivity index (χ1n) is 5.03. The molecule has 3 rings (SSSR count). The lowest BCUT2D eigenvalue weighted by atomic mass is 9.96. The number of rotatable bonds is 1. The van der Waals surface area contributed by atoms with Gasteiger partial charge in [-0.3, -0.25) is 4.68 Å². The molecule has 0 radical (unpaired) electrons. The smallest absolute Gasteiger partial charge is 0.0565 e. The lowest BCUT2D eigenvalue weighted by Crippen LogP contribution is -2.02. The van der Waals surface area contributed by atoms with E-state index in [9.17, 15) is 0 Å². The first-order valence-corrected chi connectivity index (χ1v) is 5.03. The maximum atomic E-state index is 4.32. The Kier molecular flexibility index (Phi) is 1.27. The summed E-state index contributed by atoms with van der Waals surface area (Å²) in [5.74, 6) is 1.65. The highest BCUT2D eigenvalue weighted by Gasteiger charge is 2.45. The van der Waals surface area contributed by atoms with Crippen LogP contribution in [0.2, 0.25) is 0 Å². The van der Waals surface area contributed by atoms with Crippen LogP contribution in [0.15, 0.2) is 11.8 Å². The Labute approximate surface area is 78.3 Å². The highest BCUT2D eigenvalue weighted by atomic mass is 15.3. The van der Waals surface area contributed by atoms with E-state index in [1.807, 2.05) is 10.9 Å². The van der Waals surface area contributed by atoms with Crippen molar-refractivity contribution in [1.82, 2.24) is 9.78 Å². The zero-order valence-corrected chi connectivity index (χ0v) is 8.12. The maximum absolute atomic E-state index is 4.32. The molecular weight excluding hydrogens is 160 g/mol. The fourth-order valence-electron chi connectivity index (χ4n) is 2.61. The molecule has 2 aliphatic carbocycles. The second kappa shape index (κ2) is 2.25. The van der Waals surface area contributed by atoms with E-state index in [1.165, 1.54) is 24.1 Å². The largest absolute Gasteiger partial charge is 0.272 e. The molecule has 0 bridgehead atoms. The van der Waals surface area contributed by atoms with Gasteiger partial charge in [-0.2, -0.15) is 5.10 Å². The summed E-state index contributed by atoms with van der Waals surface area (Å²) in [6, 6.07) is 0. The molecule has 0 N–H and O–H groups in total. The Balaban J connectivity index is 2.16. The Morgan fingerprint density at radius 3 is 3.15 bits per heavy atom. The fourth-order valence-corrected chi connectivity index (χ4v) is 2.61. The van der Waals surface area contributed by atoms with E-state index in [0.717, 1.165) is 11.8 Å². The summed E-state index contributed by atoms with van der Waals surface area (Å²) in [7, 11) is 2.05. The summed E-state index contributed by atoms with van der Waals surface area (Å²) < 4.78 is 2.04. The highest BCUT2D eigenvalue weighted by Crippen LogP contribution is 2.56. The van der Waals surface area contributed by atoms with Gasteiger partial charge in [0.15, 0.2) is 0 Å². The average Bonchev–Trinajstić information content (AvgIpc) is 2.85. The van der Waals surface area contributed by atoms with Crippen LogP contribution >= 0.6 is 0 Å². The predicted octanol–water partition coefficient (Wildman–Crippen LogP) is 2.33. The third-order valence-electron chi connectivity index (χ3n) is 3.38. The molecule has 2 aliphatic rings. The zero-order chi connectivity index (χ0) is 9.00. The van der Waals surface area contributed by atoms with Gasteiger partial charge in [0.2, 0.25) is 0 Å². The molecular formula is C11H14N2. The molecule has 13 heavy (non-hydrogen) atoms. The zero-order valence-electron chi connectivity index (χ0n) is 8.12. The normalized spacial score (nSPS) is 29.2. The maximum Gasteiger partial charge on any atom is 0.0565 e. The number of aromatic nitrogens is 2. The number of allylic oxidation sites excluding steroid dienone is 1. The molecule has 1 aromatic rings. The van der Waals surface area contributed by atoms with Crippen molar-refractivity contribution in [3.63, 3.8) is 0 Å². The number of hydrogen-bond acceptors (Lipinski definition) is 1. The van der Waals surface area contributed by atoms with E-state index in [2.05, 4.69) is 25.1 Å². The van der Waals surface area contributed by atoms with Gasteiger partial charge in [0.25, 0.3) is 0 Å². The van der Waals surface area contributed by atoms with Gasteiger partial charge < -0.3 is 0 Å². The van der Waals surface area contributed by atoms with Crippen molar-refractivity contribution in [2.45, 2.75) is 25.7 Å². The van der Waals surface area contributed by atoms with Crippen LogP contribution in [-0.4, -0.2) is 9.78 Å². The minimum Gasteiger partial charge on any atom is -0.272 e. The van der Waals surface area contributed by atoms with Gasteiger partial charge >= 0.3 is 0 Å². The van der Waals surface area contributed by atoms with Crippen LogP contribution in [0.5, 0.6) is 0 Å². The Hall–Kier alpha value is -1.05. The van der Waals surface area contributed by atoms with Gasteiger partial charge in [-0.15, -0.1) is 0 Å². The molecule has 2 nitrogen and oxygen atoms in total. The van der Waals surface area contributed by atoms with E-state index >= 15 is 0 Å². The minimum absolute atomic E-state index is 0.794. The standard InChI is InChI=1S/C11H14N2/c1-3-7-4-8-6-12-13(2)11(8)10-5-9(7)10/h4,6,9-10H,3,5H2,1-2H3. The number of aryl methyl sites for hydroxylation is 1. The van der Waals surface area contributed by atoms with Crippen molar-refractivity contribution in [2.75, 3.05) is 0 Å². The van der Waals surface area contributed by atoms with Crippen molar-refractivity contribution in [2.24, 2.45) is 13.0 Å². The van der Waals surface area contributed by atoms with Gasteiger partial charge in [0, 0.05) is 24.2 Å². The predicted molar refractivity (Wildman–Crippen MR) is 52.3 cm³/mol. The highest BCUT2D eigenvalue weighted by molar-refractivity contribution is 5.62. The van der Waals surface area contributed by atoms with Crippen LogP contribution in [0.1, 0.15) is 36.9 Å². The van der Waals surface area contributed by atoms with Gasteiger partial charge in [-0.1, -0.05) is 18.6 Å². The Bertz CT molecular complexity index is 387. The monoisotopic (exact) mass is 174 g/mol. The molecule has 0 saturated heterocycles. The SMILES string of the molecule is CCC1=Cc2cnn(C)c2C2CC12. The Morgan fingerprint density at radius 2 is 2.38 bits per heavy atom. The second-order valence-electron chi connectivity index (χ2n) is 4.13. The summed E-state index contributed by atoms with van der Waals surface area (Å²) in [5, 5.41) is 4.32. The van der Waals surface area contributed by atoms with Crippen LogP contribution in [-0.2, 0) is 7.05 Å². The lowest BCUT2D eigenvalue weighted by Gasteiger charge is -2.11. The first-order chi connectivity index (χ1) is 6.31. The van der Waals surface area contributed by atoms with E-state index in [4.69, 9.17) is 0 Å². The van der Waals surface area contributed by atoms with E-state index in [0.29, 0.717) is 0 Å². The molecule has 1 saturated carbocycles. The summed E-state index contributed by atoms with van der Waals surface area (Å²) >= 11 is 0. The molecule has 2 unspecified atom stereocenters. The van der Waals surface area contributed by atoms with Crippen molar-refractivity contribution in [3.8, 4) is 0 Å². The minimum atomic E-state index is 0.794. The topological polar surface area (TPSA) is 17.8 Å². The number of hydrogen-bond donors (Lipinski definition) is 0.